The molecule has 110 valence electrons. The van der Waals surface area contributed by atoms with Crippen molar-refractivity contribution in [2.24, 2.45) is 11.8 Å². The van der Waals surface area contributed by atoms with Gasteiger partial charge in [-0.2, -0.15) is 0 Å². The van der Waals surface area contributed by atoms with E-state index in [0.717, 1.165) is 23.9 Å². The van der Waals surface area contributed by atoms with Crippen LogP contribution in [0.3, 0.4) is 0 Å². The molecule has 1 aliphatic heterocycles. The SMILES string of the molecule is C1CCC(CCNC2CCCCC2C2CCCN2)C1. The molecule has 1 heterocycles. The van der Waals surface area contributed by atoms with E-state index in [1.807, 2.05) is 0 Å². The van der Waals surface area contributed by atoms with Crippen LogP contribution in [0.2, 0.25) is 0 Å². The molecular formula is C17H32N2. The van der Waals surface area contributed by atoms with Crippen LogP contribution in [0.1, 0.15) is 70.6 Å². The minimum Gasteiger partial charge on any atom is -0.314 e. The van der Waals surface area contributed by atoms with Crippen LogP contribution in [0.15, 0.2) is 0 Å². The van der Waals surface area contributed by atoms with E-state index in [9.17, 15) is 0 Å². The van der Waals surface area contributed by atoms with Crippen molar-refractivity contribution in [3.8, 4) is 0 Å². The maximum absolute atomic E-state index is 3.94. The average Bonchev–Trinajstić information content (AvgIpc) is 3.12. The normalized spacial score (nSPS) is 36.9. The maximum atomic E-state index is 3.94. The summed E-state index contributed by atoms with van der Waals surface area (Å²) in [6.45, 7) is 2.54. The summed E-state index contributed by atoms with van der Waals surface area (Å²) >= 11 is 0. The molecule has 3 atom stereocenters. The first kappa shape index (κ1) is 13.9. The molecule has 2 aliphatic carbocycles. The second-order valence-electron chi connectivity index (χ2n) is 7.15. The molecule has 0 amide bonds. The largest absolute Gasteiger partial charge is 0.314 e. The van der Waals surface area contributed by atoms with E-state index >= 15 is 0 Å². The van der Waals surface area contributed by atoms with Crippen molar-refractivity contribution >= 4 is 0 Å². The molecule has 2 saturated carbocycles. The highest BCUT2D eigenvalue weighted by atomic mass is 15.0. The zero-order valence-electron chi connectivity index (χ0n) is 12.5. The Morgan fingerprint density at radius 3 is 2.42 bits per heavy atom. The Kier molecular flexibility index (Phi) is 5.17. The van der Waals surface area contributed by atoms with Gasteiger partial charge < -0.3 is 10.6 Å². The lowest BCUT2D eigenvalue weighted by Gasteiger charge is -2.36. The van der Waals surface area contributed by atoms with Gasteiger partial charge >= 0.3 is 0 Å². The molecule has 0 aromatic heterocycles. The van der Waals surface area contributed by atoms with Crippen molar-refractivity contribution in [2.45, 2.75) is 82.7 Å². The smallest absolute Gasteiger partial charge is 0.0111 e. The summed E-state index contributed by atoms with van der Waals surface area (Å²) in [7, 11) is 0. The second kappa shape index (κ2) is 7.08. The fraction of sp³-hybridized carbons (Fsp3) is 1.00. The van der Waals surface area contributed by atoms with Gasteiger partial charge in [-0.3, -0.25) is 0 Å². The molecule has 3 rings (SSSR count). The molecule has 19 heavy (non-hydrogen) atoms. The second-order valence-corrected chi connectivity index (χ2v) is 7.15. The minimum absolute atomic E-state index is 0.811. The van der Waals surface area contributed by atoms with Crippen LogP contribution in [-0.2, 0) is 0 Å². The van der Waals surface area contributed by atoms with E-state index in [0.29, 0.717) is 0 Å². The van der Waals surface area contributed by atoms with Crippen molar-refractivity contribution in [3.63, 3.8) is 0 Å². The zero-order valence-corrected chi connectivity index (χ0v) is 12.5. The molecule has 0 spiro atoms. The van der Waals surface area contributed by atoms with Crippen molar-refractivity contribution in [1.82, 2.24) is 10.6 Å². The average molecular weight is 264 g/mol. The van der Waals surface area contributed by atoms with E-state index in [1.165, 1.54) is 83.7 Å². The highest BCUT2D eigenvalue weighted by Crippen LogP contribution is 2.31. The summed E-state index contributed by atoms with van der Waals surface area (Å²) in [5.74, 6) is 1.96. The van der Waals surface area contributed by atoms with Crippen molar-refractivity contribution in [1.29, 1.82) is 0 Å². The Morgan fingerprint density at radius 1 is 0.842 bits per heavy atom. The molecule has 2 nitrogen and oxygen atoms in total. The van der Waals surface area contributed by atoms with Crippen LogP contribution < -0.4 is 10.6 Å². The van der Waals surface area contributed by atoms with Crippen LogP contribution in [-0.4, -0.2) is 25.2 Å². The molecule has 2 heteroatoms. The Morgan fingerprint density at radius 2 is 1.63 bits per heavy atom. The molecule has 3 fully saturated rings. The van der Waals surface area contributed by atoms with Gasteiger partial charge in [0.1, 0.15) is 0 Å². The van der Waals surface area contributed by atoms with Gasteiger partial charge in [0.25, 0.3) is 0 Å². The molecule has 2 N–H and O–H groups in total. The summed E-state index contributed by atoms with van der Waals surface area (Å²) < 4.78 is 0. The standard InChI is InChI=1S/C17H32N2/c1-2-7-14(6-1)11-13-19-16-9-4-3-8-15(16)17-10-5-12-18-17/h14-19H,1-13H2. The summed E-state index contributed by atoms with van der Waals surface area (Å²) in [5.41, 5.74) is 0. The van der Waals surface area contributed by atoms with Gasteiger partial charge in [0.2, 0.25) is 0 Å². The first-order valence-corrected chi connectivity index (χ1v) is 8.90. The van der Waals surface area contributed by atoms with Crippen molar-refractivity contribution in [3.05, 3.63) is 0 Å². The summed E-state index contributed by atoms with van der Waals surface area (Å²) in [5, 5.41) is 7.68. The lowest BCUT2D eigenvalue weighted by atomic mass is 9.79. The topological polar surface area (TPSA) is 24.1 Å². The molecule has 3 unspecified atom stereocenters. The van der Waals surface area contributed by atoms with Gasteiger partial charge in [0.15, 0.2) is 0 Å². The first-order valence-electron chi connectivity index (χ1n) is 8.90. The van der Waals surface area contributed by atoms with Crippen LogP contribution >= 0.6 is 0 Å². The lowest BCUT2D eigenvalue weighted by molar-refractivity contribution is 0.212. The fourth-order valence-corrected chi connectivity index (χ4v) is 4.74. The molecule has 0 radical (unpaired) electrons. The lowest BCUT2D eigenvalue weighted by Crippen LogP contribution is -2.47. The zero-order chi connectivity index (χ0) is 12.9. The van der Waals surface area contributed by atoms with E-state index < -0.39 is 0 Å². The van der Waals surface area contributed by atoms with E-state index in [1.54, 1.807) is 0 Å². The molecule has 1 saturated heterocycles. The maximum Gasteiger partial charge on any atom is 0.0111 e. The van der Waals surface area contributed by atoms with Crippen LogP contribution in [0.25, 0.3) is 0 Å². The summed E-state index contributed by atoms with van der Waals surface area (Å²) in [6, 6.07) is 1.63. The van der Waals surface area contributed by atoms with Gasteiger partial charge in [-0.25, -0.2) is 0 Å². The van der Waals surface area contributed by atoms with E-state index in [2.05, 4.69) is 10.6 Å². The number of hydrogen-bond acceptors (Lipinski definition) is 2. The van der Waals surface area contributed by atoms with E-state index in [4.69, 9.17) is 0 Å². The Balaban J connectivity index is 1.43. The number of nitrogens with one attached hydrogen (secondary N) is 2. The number of hydrogen-bond donors (Lipinski definition) is 2. The summed E-state index contributed by atoms with van der Waals surface area (Å²) in [6.07, 6.45) is 16.0. The third-order valence-corrected chi connectivity index (χ3v) is 5.87. The molecule has 0 aromatic carbocycles. The Bertz CT molecular complexity index is 254. The third-order valence-electron chi connectivity index (χ3n) is 5.87. The van der Waals surface area contributed by atoms with Gasteiger partial charge in [0, 0.05) is 12.1 Å². The molecule has 0 bridgehead atoms. The Hall–Kier alpha value is -0.0800. The van der Waals surface area contributed by atoms with Crippen LogP contribution in [0.4, 0.5) is 0 Å². The number of rotatable bonds is 5. The first-order chi connectivity index (χ1) is 9.43. The quantitative estimate of drug-likeness (QED) is 0.794. The highest BCUT2D eigenvalue weighted by molar-refractivity contribution is 4.91. The Labute approximate surface area is 119 Å². The van der Waals surface area contributed by atoms with Crippen LogP contribution in [0, 0.1) is 11.8 Å². The predicted octanol–water partition coefficient (Wildman–Crippen LogP) is 3.47. The minimum atomic E-state index is 0.811. The highest BCUT2D eigenvalue weighted by Gasteiger charge is 2.32. The van der Waals surface area contributed by atoms with Crippen molar-refractivity contribution in [2.75, 3.05) is 13.1 Å². The van der Waals surface area contributed by atoms with E-state index in [-0.39, 0.29) is 0 Å². The fourth-order valence-electron chi connectivity index (χ4n) is 4.74. The molecule has 3 aliphatic rings. The van der Waals surface area contributed by atoms with Gasteiger partial charge in [0.05, 0.1) is 0 Å². The molecular weight excluding hydrogens is 232 g/mol. The molecule has 0 aromatic rings. The van der Waals surface area contributed by atoms with Crippen LogP contribution in [0.5, 0.6) is 0 Å². The van der Waals surface area contributed by atoms with Crippen molar-refractivity contribution < 1.29 is 0 Å². The van der Waals surface area contributed by atoms with Gasteiger partial charge in [-0.1, -0.05) is 38.5 Å². The van der Waals surface area contributed by atoms with Gasteiger partial charge in [-0.05, 0) is 57.0 Å². The predicted molar refractivity (Wildman–Crippen MR) is 81.3 cm³/mol. The third kappa shape index (κ3) is 3.72. The van der Waals surface area contributed by atoms with Gasteiger partial charge in [-0.15, -0.1) is 0 Å². The monoisotopic (exact) mass is 264 g/mol. The summed E-state index contributed by atoms with van der Waals surface area (Å²) in [4.78, 5) is 0.